The SMILES string of the molecule is CCN1CCCCC1CNC(=NC)N1CC2CCCCC2C1. The molecule has 1 aliphatic carbocycles. The highest BCUT2D eigenvalue weighted by Gasteiger charge is 2.35. The number of hydrogen-bond donors (Lipinski definition) is 1. The van der Waals surface area contributed by atoms with Crippen molar-refractivity contribution in [2.75, 3.05) is 39.8 Å². The molecule has 1 saturated carbocycles. The molecule has 2 saturated heterocycles. The van der Waals surface area contributed by atoms with E-state index in [1.54, 1.807) is 0 Å². The van der Waals surface area contributed by atoms with Crippen molar-refractivity contribution in [3.05, 3.63) is 0 Å². The van der Waals surface area contributed by atoms with E-state index in [1.165, 1.54) is 71.1 Å². The van der Waals surface area contributed by atoms with E-state index in [0.29, 0.717) is 6.04 Å². The maximum atomic E-state index is 4.58. The molecule has 4 heteroatoms. The van der Waals surface area contributed by atoms with E-state index >= 15 is 0 Å². The lowest BCUT2D eigenvalue weighted by atomic mass is 9.82. The van der Waals surface area contributed by atoms with Gasteiger partial charge in [0.15, 0.2) is 5.96 Å². The van der Waals surface area contributed by atoms with E-state index in [-0.39, 0.29) is 0 Å². The third kappa shape index (κ3) is 3.58. The van der Waals surface area contributed by atoms with Crippen LogP contribution in [0.4, 0.5) is 0 Å². The predicted octanol–water partition coefficient (Wildman–Crippen LogP) is 2.56. The second-order valence-electron chi connectivity index (χ2n) is 7.42. The fourth-order valence-electron chi connectivity index (χ4n) is 4.83. The number of fused-ring (bicyclic) bond motifs is 1. The average molecular weight is 306 g/mol. The summed E-state index contributed by atoms with van der Waals surface area (Å²) in [5, 5.41) is 3.69. The first kappa shape index (κ1) is 16.1. The minimum Gasteiger partial charge on any atom is -0.355 e. The normalized spacial score (nSPS) is 33.8. The summed E-state index contributed by atoms with van der Waals surface area (Å²) >= 11 is 0. The van der Waals surface area contributed by atoms with Crippen molar-refractivity contribution in [3.63, 3.8) is 0 Å². The highest BCUT2D eigenvalue weighted by Crippen LogP contribution is 2.35. The predicted molar refractivity (Wildman–Crippen MR) is 93.3 cm³/mol. The smallest absolute Gasteiger partial charge is 0.193 e. The second-order valence-corrected chi connectivity index (χ2v) is 7.42. The van der Waals surface area contributed by atoms with Crippen LogP contribution in [0.3, 0.4) is 0 Å². The molecule has 4 nitrogen and oxygen atoms in total. The van der Waals surface area contributed by atoms with Crippen molar-refractivity contribution in [2.24, 2.45) is 16.8 Å². The van der Waals surface area contributed by atoms with Crippen LogP contribution < -0.4 is 5.32 Å². The summed E-state index contributed by atoms with van der Waals surface area (Å²) in [4.78, 5) is 9.74. The highest BCUT2D eigenvalue weighted by atomic mass is 15.3. The van der Waals surface area contributed by atoms with Gasteiger partial charge in [0.2, 0.25) is 0 Å². The van der Waals surface area contributed by atoms with Crippen LogP contribution in [0.2, 0.25) is 0 Å². The molecule has 0 aromatic rings. The van der Waals surface area contributed by atoms with Crippen molar-refractivity contribution in [2.45, 2.75) is 57.9 Å². The van der Waals surface area contributed by atoms with Gasteiger partial charge in [0.05, 0.1) is 0 Å². The number of hydrogen-bond acceptors (Lipinski definition) is 2. The molecular formula is C18H34N4. The summed E-state index contributed by atoms with van der Waals surface area (Å²) in [6, 6.07) is 0.695. The molecule has 0 amide bonds. The summed E-state index contributed by atoms with van der Waals surface area (Å²) in [5.74, 6) is 3.00. The van der Waals surface area contributed by atoms with E-state index in [9.17, 15) is 0 Å². The van der Waals surface area contributed by atoms with Crippen molar-refractivity contribution in [1.82, 2.24) is 15.1 Å². The molecular weight excluding hydrogens is 272 g/mol. The number of guanidine groups is 1. The number of likely N-dealkylation sites (tertiary alicyclic amines) is 2. The van der Waals surface area contributed by atoms with Gasteiger partial charge in [-0.25, -0.2) is 0 Å². The number of likely N-dealkylation sites (N-methyl/N-ethyl adjacent to an activating group) is 1. The molecule has 3 rings (SSSR count). The summed E-state index contributed by atoms with van der Waals surface area (Å²) in [6.07, 6.45) is 9.84. The van der Waals surface area contributed by atoms with E-state index in [1.807, 2.05) is 7.05 Å². The highest BCUT2D eigenvalue weighted by molar-refractivity contribution is 5.80. The van der Waals surface area contributed by atoms with Crippen molar-refractivity contribution in [3.8, 4) is 0 Å². The van der Waals surface area contributed by atoms with Gasteiger partial charge in [0.1, 0.15) is 0 Å². The Morgan fingerprint density at radius 2 is 1.73 bits per heavy atom. The first-order valence-corrected chi connectivity index (χ1v) is 9.51. The second kappa shape index (κ2) is 7.67. The summed E-state index contributed by atoms with van der Waals surface area (Å²) in [6.45, 7) is 8.26. The van der Waals surface area contributed by atoms with E-state index in [2.05, 4.69) is 27.0 Å². The van der Waals surface area contributed by atoms with Gasteiger partial charge >= 0.3 is 0 Å². The fraction of sp³-hybridized carbons (Fsp3) is 0.944. The van der Waals surface area contributed by atoms with Gasteiger partial charge in [-0.05, 0) is 50.6 Å². The van der Waals surface area contributed by atoms with Crippen molar-refractivity contribution in [1.29, 1.82) is 0 Å². The van der Waals surface area contributed by atoms with Crippen LogP contribution in [0.25, 0.3) is 0 Å². The Morgan fingerprint density at radius 1 is 1.05 bits per heavy atom. The number of piperidine rings is 1. The lowest BCUT2D eigenvalue weighted by molar-refractivity contribution is 0.156. The molecule has 0 bridgehead atoms. The molecule has 22 heavy (non-hydrogen) atoms. The van der Waals surface area contributed by atoms with E-state index in [4.69, 9.17) is 0 Å². The van der Waals surface area contributed by atoms with Crippen LogP contribution in [0, 0.1) is 11.8 Å². The number of rotatable bonds is 3. The van der Waals surface area contributed by atoms with Crippen LogP contribution in [-0.4, -0.2) is 61.6 Å². The van der Waals surface area contributed by atoms with E-state index < -0.39 is 0 Å². The molecule has 0 aromatic carbocycles. The van der Waals surface area contributed by atoms with Crippen molar-refractivity contribution < 1.29 is 0 Å². The Morgan fingerprint density at radius 3 is 2.36 bits per heavy atom. The number of aliphatic imine (C=N–C) groups is 1. The molecule has 126 valence electrons. The van der Waals surface area contributed by atoms with Gasteiger partial charge in [-0.1, -0.05) is 26.2 Å². The minimum atomic E-state index is 0.695. The van der Waals surface area contributed by atoms with Crippen LogP contribution in [0.5, 0.6) is 0 Å². The average Bonchev–Trinajstić information content (AvgIpc) is 2.99. The van der Waals surface area contributed by atoms with Gasteiger partial charge in [0, 0.05) is 32.7 Å². The molecule has 3 atom stereocenters. The number of nitrogens with one attached hydrogen (secondary N) is 1. The first-order chi connectivity index (χ1) is 10.8. The molecule has 3 aliphatic rings. The van der Waals surface area contributed by atoms with Crippen LogP contribution in [0.15, 0.2) is 4.99 Å². The fourth-order valence-corrected chi connectivity index (χ4v) is 4.83. The van der Waals surface area contributed by atoms with E-state index in [0.717, 1.165) is 24.3 Å². The topological polar surface area (TPSA) is 30.9 Å². The molecule has 3 fully saturated rings. The Balaban J connectivity index is 1.52. The lowest BCUT2D eigenvalue weighted by Crippen LogP contribution is -2.49. The standard InChI is InChI=1S/C18H34N4/c1-3-21-11-7-6-10-17(21)12-20-18(19-2)22-13-15-8-4-5-9-16(15)14-22/h15-17H,3-14H2,1-2H3,(H,19,20). The molecule has 3 unspecified atom stereocenters. The Bertz CT molecular complexity index is 367. The zero-order valence-electron chi connectivity index (χ0n) is 14.6. The monoisotopic (exact) mass is 306 g/mol. The Hall–Kier alpha value is -0.770. The van der Waals surface area contributed by atoms with Crippen LogP contribution >= 0.6 is 0 Å². The molecule has 0 spiro atoms. The van der Waals surface area contributed by atoms with Gasteiger partial charge < -0.3 is 10.2 Å². The summed E-state index contributed by atoms with van der Waals surface area (Å²) < 4.78 is 0. The quantitative estimate of drug-likeness (QED) is 0.642. The van der Waals surface area contributed by atoms with Gasteiger partial charge in [0.25, 0.3) is 0 Å². The molecule has 1 N–H and O–H groups in total. The summed E-state index contributed by atoms with van der Waals surface area (Å²) in [5.41, 5.74) is 0. The Labute approximate surface area is 136 Å². The molecule has 0 radical (unpaired) electrons. The number of nitrogens with zero attached hydrogens (tertiary/aromatic N) is 3. The molecule has 2 aliphatic heterocycles. The Kier molecular flexibility index (Phi) is 5.61. The zero-order chi connectivity index (χ0) is 15.4. The molecule has 2 heterocycles. The largest absolute Gasteiger partial charge is 0.355 e. The van der Waals surface area contributed by atoms with Crippen LogP contribution in [-0.2, 0) is 0 Å². The van der Waals surface area contributed by atoms with Gasteiger partial charge in [-0.3, -0.25) is 9.89 Å². The zero-order valence-corrected chi connectivity index (χ0v) is 14.6. The van der Waals surface area contributed by atoms with Gasteiger partial charge in [-0.2, -0.15) is 0 Å². The third-order valence-electron chi connectivity index (χ3n) is 6.14. The summed E-state index contributed by atoms with van der Waals surface area (Å²) in [7, 11) is 1.95. The maximum absolute atomic E-state index is 4.58. The molecule has 0 aromatic heterocycles. The first-order valence-electron chi connectivity index (χ1n) is 9.51. The van der Waals surface area contributed by atoms with Gasteiger partial charge in [-0.15, -0.1) is 0 Å². The maximum Gasteiger partial charge on any atom is 0.193 e. The lowest BCUT2D eigenvalue weighted by Gasteiger charge is -2.35. The minimum absolute atomic E-state index is 0.695. The van der Waals surface area contributed by atoms with Crippen molar-refractivity contribution >= 4 is 5.96 Å². The van der Waals surface area contributed by atoms with Crippen LogP contribution in [0.1, 0.15) is 51.9 Å². The third-order valence-corrected chi connectivity index (χ3v) is 6.14.